The van der Waals surface area contributed by atoms with Gasteiger partial charge >= 0.3 is 0 Å². The van der Waals surface area contributed by atoms with Crippen LogP contribution >= 0.6 is 11.8 Å². The maximum Gasteiger partial charge on any atom is 0.262 e. The summed E-state index contributed by atoms with van der Waals surface area (Å²) in [5.41, 5.74) is 1.52. The van der Waals surface area contributed by atoms with E-state index in [1.807, 2.05) is 32.0 Å². The number of nitrogens with zero attached hydrogens (tertiary/aromatic N) is 4. The SMILES string of the molecule is CC(C)Cn1c(=O)c2ccc(C(=O)NC3CCCCC3)cc2n2c(SCC(=O)c3ccccc3)nnc12. The maximum atomic E-state index is 13.5. The molecule has 1 saturated carbocycles. The van der Waals surface area contributed by atoms with Gasteiger partial charge in [-0.3, -0.25) is 23.4 Å². The van der Waals surface area contributed by atoms with Crippen molar-refractivity contribution in [1.29, 1.82) is 0 Å². The lowest BCUT2D eigenvalue weighted by molar-refractivity contribution is 0.0927. The standard InChI is InChI=1S/C28H31N5O3S/c1-18(2)16-32-26(36)22-14-13-20(25(35)29-21-11-7-4-8-12-21)15-23(22)33-27(32)30-31-28(33)37-17-24(34)19-9-5-3-6-10-19/h3,5-6,9-10,13-15,18,21H,4,7-8,11-12,16-17H2,1-2H3,(H,29,35). The minimum absolute atomic E-state index is 0.0188. The summed E-state index contributed by atoms with van der Waals surface area (Å²) < 4.78 is 3.43. The molecule has 8 nitrogen and oxygen atoms in total. The van der Waals surface area contributed by atoms with Crippen LogP contribution in [0.15, 0.2) is 58.5 Å². The van der Waals surface area contributed by atoms with Crippen molar-refractivity contribution in [1.82, 2.24) is 24.5 Å². The first-order valence-electron chi connectivity index (χ1n) is 12.9. The molecule has 0 atom stereocenters. The van der Waals surface area contributed by atoms with E-state index in [0.717, 1.165) is 25.7 Å². The quantitative estimate of drug-likeness (QED) is 0.268. The number of fused-ring (bicyclic) bond motifs is 3. The number of hydrogen-bond acceptors (Lipinski definition) is 6. The molecule has 37 heavy (non-hydrogen) atoms. The fourth-order valence-corrected chi connectivity index (χ4v) is 5.73. The summed E-state index contributed by atoms with van der Waals surface area (Å²) >= 11 is 1.27. The second-order valence-corrected chi connectivity index (χ2v) is 11.0. The van der Waals surface area contributed by atoms with Crippen LogP contribution in [-0.2, 0) is 6.54 Å². The molecule has 9 heteroatoms. The van der Waals surface area contributed by atoms with Gasteiger partial charge in [-0.1, -0.05) is 75.2 Å². The van der Waals surface area contributed by atoms with Crippen LogP contribution in [0.1, 0.15) is 66.7 Å². The predicted molar refractivity (Wildman–Crippen MR) is 145 cm³/mol. The van der Waals surface area contributed by atoms with Gasteiger partial charge in [-0.15, -0.1) is 10.2 Å². The highest BCUT2D eigenvalue weighted by Crippen LogP contribution is 2.24. The summed E-state index contributed by atoms with van der Waals surface area (Å²) in [7, 11) is 0. The molecule has 2 heterocycles. The zero-order valence-corrected chi connectivity index (χ0v) is 22.0. The molecule has 0 radical (unpaired) electrons. The van der Waals surface area contributed by atoms with E-state index in [4.69, 9.17) is 0 Å². The Hall–Kier alpha value is -3.46. The molecule has 192 valence electrons. The van der Waals surface area contributed by atoms with E-state index < -0.39 is 0 Å². The Bertz CT molecular complexity index is 1500. The number of Topliss-reactive ketones (excluding diaryl/α,β-unsaturated/α-hetero) is 1. The normalized spacial score (nSPS) is 14.5. The first-order chi connectivity index (χ1) is 17.9. The minimum atomic E-state index is -0.167. The highest BCUT2D eigenvalue weighted by Gasteiger charge is 2.21. The lowest BCUT2D eigenvalue weighted by atomic mass is 9.95. The largest absolute Gasteiger partial charge is 0.349 e. The van der Waals surface area contributed by atoms with Crippen molar-refractivity contribution in [3.05, 3.63) is 70.0 Å². The fraction of sp³-hybridized carbons (Fsp3) is 0.393. The van der Waals surface area contributed by atoms with Crippen molar-refractivity contribution in [2.75, 3.05) is 5.75 Å². The number of thioether (sulfide) groups is 1. The van der Waals surface area contributed by atoms with Crippen LogP contribution < -0.4 is 10.9 Å². The first kappa shape index (κ1) is 25.2. The monoisotopic (exact) mass is 517 g/mol. The number of nitrogens with one attached hydrogen (secondary N) is 1. The minimum Gasteiger partial charge on any atom is -0.349 e. The van der Waals surface area contributed by atoms with Crippen molar-refractivity contribution in [3.63, 3.8) is 0 Å². The van der Waals surface area contributed by atoms with Crippen LogP contribution in [-0.4, -0.2) is 42.7 Å². The molecule has 5 rings (SSSR count). The topological polar surface area (TPSA) is 98.4 Å². The molecule has 0 aliphatic heterocycles. The summed E-state index contributed by atoms with van der Waals surface area (Å²) in [4.78, 5) is 39.3. The summed E-state index contributed by atoms with van der Waals surface area (Å²) in [5.74, 6) is 0.638. The van der Waals surface area contributed by atoms with Crippen molar-refractivity contribution < 1.29 is 9.59 Å². The van der Waals surface area contributed by atoms with Crippen LogP contribution in [0.3, 0.4) is 0 Å². The second-order valence-electron chi connectivity index (χ2n) is 10.0. The second kappa shape index (κ2) is 10.9. The molecule has 0 bridgehead atoms. The smallest absolute Gasteiger partial charge is 0.262 e. The highest BCUT2D eigenvalue weighted by atomic mass is 32.2. The summed E-state index contributed by atoms with van der Waals surface area (Å²) in [6.07, 6.45) is 5.45. The van der Waals surface area contributed by atoms with Gasteiger partial charge < -0.3 is 5.32 Å². The lowest BCUT2D eigenvalue weighted by Gasteiger charge is -2.22. The van der Waals surface area contributed by atoms with Crippen molar-refractivity contribution in [2.45, 2.75) is 63.7 Å². The van der Waals surface area contributed by atoms with Gasteiger partial charge in [0.1, 0.15) is 0 Å². The predicted octanol–water partition coefficient (Wildman–Crippen LogP) is 4.74. The molecule has 1 fully saturated rings. The van der Waals surface area contributed by atoms with Gasteiger partial charge in [0, 0.05) is 23.7 Å². The van der Waals surface area contributed by atoms with E-state index in [1.54, 1.807) is 39.3 Å². The van der Waals surface area contributed by atoms with Gasteiger partial charge in [-0.05, 0) is 37.0 Å². The van der Waals surface area contributed by atoms with Gasteiger partial charge in [0.25, 0.3) is 11.5 Å². The molecule has 0 saturated heterocycles. The summed E-state index contributed by atoms with van der Waals surface area (Å²) in [5, 5.41) is 12.8. The Morgan fingerprint density at radius 2 is 1.78 bits per heavy atom. The van der Waals surface area contributed by atoms with E-state index in [0.29, 0.717) is 39.5 Å². The average molecular weight is 518 g/mol. The fourth-order valence-electron chi connectivity index (χ4n) is 4.90. The maximum absolute atomic E-state index is 13.5. The number of rotatable bonds is 8. The molecule has 1 aliphatic rings. The molecular weight excluding hydrogens is 486 g/mol. The number of carbonyl (C=O) groups is 2. The zero-order valence-electron chi connectivity index (χ0n) is 21.1. The van der Waals surface area contributed by atoms with Crippen molar-refractivity contribution >= 4 is 40.1 Å². The molecular formula is C28H31N5O3S. The van der Waals surface area contributed by atoms with Gasteiger partial charge in [-0.2, -0.15) is 0 Å². The van der Waals surface area contributed by atoms with Crippen LogP contribution in [0.5, 0.6) is 0 Å². The Balaban J connectivity index is 1.55. The van der Waals surface area contributed by atoms with E-state index in [-0.39, 0.29) is 35.0 Å². The number of benzene rings is 2. The average Bonchev–Trinajstić information content (AvgIpc) is 3.34. The third kappa shape index (κ3) is 5.32. The van der Waals surface area contributed by atoms with Crippen LogP contribution in [0, 0.1) is 5.92 Å². The molecule has 0 spiro atoms. The number of carbonyl (C=O) groups excluding carboxylic acids is 2. The van der Waals surface area contributed by atoms with Gasteiger partial charge in [0.15, 0.2) is 10.9 Å². The van der Waals surface area contributed by atoms with Crippen molar-refractivity contribution in [2.24, 2.45) is 5.92 Å². The number of amides is 1. The van der Waals surface area contributed by atoms with Crippen molar-refractivity contribution in [3.8, 4) is 0 Å². The van der Waals surface area contributed by atoms with Crippen LogP contribution in [0.25, 0.3) is 16.7 Å². The number of ketones is 1. The Morgan fingerprint density at radius 1 is 1.03 bits per heavy atom. The molecule has 2 aromatic carbocycles. The first-order valence-corrected chi connectivity index (χ1v) is 13.8. The molecule has 1 amide bonds. The third-order valence-electron chi connectivity index (χ3n) is 6.75. The zero-order chi connectivity index (χ0) is 25.9. The van der Waals surface area contributed by atoms with Crippen LogP contribution in [0.2, 0.25) is 0 Å². The van der Waals surface area contributed by atoms with Gasteiger partial charge in [0.2, 0.25) is 5.78 Å². The van der Waals surface area contributed by atoms with E-state index in [1.165, 1.54) is 18.2 Å². The third-order valence-corrected chi connectivity index (χ3v) is 7.68. The molecule has 2 aromatic heterocycles. The number of aromatic nitrogens is 4. The highest BCUT2D eigenvalue weighted by molar-refractivity contribution is 7.99. The Kier molecular flexibility index (Phi) is 7.41. The Labute approximate surface area is 219 Å². The van der Waals surface area contributed by atoms with Gasteiger partial charge in [-0.25, -0.2) is 0 Å². The number of hydrogen-bond donors (Lipinski definition) is 1. The molecule has 1 N–H and O–H groups in total. The van der Waals surface area contributed by atoms with Crippen LogP contribution in [0.4, 0.5) is 0 Å². The van der Waals surface area contributed by atoms with Gasteiger partial charge in [0.05, 0.1) is 16.7 Å². The summed E-state index contributed by atoms with van der Waals surface area (Å²) in [6, 6.07) is 14.5. The van der Waals surface area contributed by atoms with E-state index >= 15 is 0 Å². The molecule has 0 unspecified atom stereocenters. The van der Waals surface area contributed by atoms with E-state index in [2.05, 4.69) is 15.5 Å². The summed E-state index contributed by atoms with van der Waals surface area (Å²) in [6.45, 7) is 4.56. The Morgan fingerprint density at radius 3 is 2.51 bits per heavy atom. The lowest BCUT2D eigenvalue weighted by Crippen LogP contribution is -2.36. The molecule has 4 aromatic rings. The molecule has 1 aliphatic carbocycles. The van der Waals surface area contributed by atoms with E-state index in [9.17, 15) is 14.4 Å².